The number of nitrogens with zero attached hydrogens (tertiary/aromatic N) is 1. The van der Waals surface area contributed by atoms with Crippen LogP contribution >= 0.6 is 0 Å². The van der Waals surface area contributed by atoms with Gasteiger partial charge in [-0.15, -0.1) is 0 Å². The maximum absolute atomic E-state index is 13.7. The lowest BCUT2D eigenvalue weighted by atomic mass is 9.49. The van der Waals surface area contributed by atoms with Gasteiger partial charge >= 0.3 is 5.97 Å². The lowest BCUT2D eigenvalue weighted by molar-refractivity contribution is -0.166. The highest BCUT2D eigenvalue weighted by Gasteiger charge is 2.57. The number of amides is 2. The largest absolute Gasteiger partial charge is 0.454 e. The predicted octanol–water partition coefficient (Wildman–Crippen LogP) is 3.43. The summed E-state index contributed by atoms with van der Waals surface area (Å²) in [6, 6.07) is -0.331. The molecule has 5 aliphatic carbocycles. The van der Waals surface area contributed by atoms with E-state index in [1.165, 1.54) is 25.7 Å². The van der Waals surface area contributed by atoms with E-state index in [-0.39, 0.29) is 29.9 Å². The number of ether oxygens (including phenoxy) is 1. The fourth-order valence-corrected chi connectivity index (χ4v) is 7.94. The van der Waals surface area contributed by atoms with Crippen molar-refractivity contribution in [2.75, 3.05) is 13.2 Å². The first-order chi connectivity index (χ1) is 14.9. The molecule has 1 saturated heterocycles. The number of carbonyl (C=O) groups excluding carboxylic acids is 3. The molecule has 6 fully saturated rings. The van der Waals surface area contributed by atoms with Crippen LogP contribution in [-0.2, 0) is 19.1 Å². The zero-order valence-corrected chi connectivity index (χ0v) is 18.9. The Morgan fingerprint density at radius 3 is 2.23 bits per heavy atom. The third kappa shape index (κ3) is 4.11. The molecular formula is C25H38N2O4. The second-order valence-corrected chi connectivity index (χ2v) is 11.4. The summed E-state index contributed by atoms with van der Waals surface area (Å²) in [5.74, 6) is 2.16. The first-order valence-electron chi connectivity index (χ1n) is 12.7. The highest BCUT2D eigenvalue weighted by atomic mass is 16.5. The molecular weight excluding hydrogens is 392 g/mol. The van der Waals surface area contributed by atoms with Crippen LogP contribution in [0.2, 0.25) is 0 Å². The number of likely N-dealkylation sites (tertiary alicyclic amines) is 1. The number of rotatable bonds is 5. The predicted molar refractivity (Wildman–Crippen MR) is 116 cm³/mol. The summed E-state index contributed by atoms with van der Waals surface area (Å²) in [6.45, 7) is 2.58. The first-order valence-corrected chi connectivity index (χ1v) is 12.7. The Morgan fingerprint density at radius 1 is 0.935 bits per heavy atom. The molecule has 6 heteroatoms. The van der Waals surface area contributed by atoms with Crippen molar-refractivity contribution in [2.45, 2.75) is 96.1 Å². The van der Waals surface area contributed by atoms with Crippen LogP contribution in [0.3, 0.4) is 0 Å². The van der Waals surface area contributed by atoms with Gasteiger partial charge in [0.1, 0.15) is 6.04 Å². The van der Waals surface area contributed by atoms with Gasteiger partial charge in [-0.2, -0.15) is 0 Å². The zero-order chi connectivity index (χ0) is 21.6. The third-order valence-corrected chi connectivity index (χ3v) is 9.08. The molecule has 0 radical (unpaired) electrons. The summed E-state index contributed by atoms with van der Waals surface area (Å²) >= 11 is 0. The van der Waals surface area contributed by atoms with Crippen LogP contribution in [0.1, 0.15) is 84.0 Å². The van der Waals surface area contributed by atoms with E-state index in [4.69, 9.17) is 4.74 Å². The smallest absolute Gasteiger partial charge is 0.329 e. The molecule has 1 N–H and O–H groups in total. The van der Waals surface area contributed by atoms with E-state index >= 15 is 0 Å². The highest BCUT2D eigenvalue weighted by Crippen LogP contribution is 2.60. The summed E-state index contributed by atoms with van der Waals surface area (Å²) < 4.78 is 5.42. The van der Waals surface area contributed by atoms with E-state index in [2.05, 4.69) is 12.2 Å². The van der Waals surface area contributed by atoms with Crippen LogP contribution in [0.25, 0.3) is 0 Å². The van der Waals surface area contributed by atoms with Gasteiger partial charge in [-0.05, 0) is 87.9 Å². The van der Waals surface area contributed by atoms with E-state index in [1.807, 2.05) is 4.90 Å². The summed E-state index contributed by atoms with van der Waals surface area (Å²) in [4.78, 5) is 40.7. The average Bonchev–Trinajstić information content (AvgIpc) is 3.22. The summed E-state index contributed by atoms with van der Waals surface area (Å²) in [5, 5.41) is 3.04. The maximum Gasteiger partial charge on any atom is 0.329 e. The van der Waals surface area contributed by atoms with Crippen LogP contribution in [0.4, 0.5) is 0 Å². The molecule has 31 heavy (non-hydrogen) atoms. The molecule has 0 aromatic rings. The maximum atomic E-state index is 13.7. The second kappa shape index (κ2) is 8.40. The van der Waals surface area contributed by atoms with Crippen molar-refractivity contribution < 1.29 is 19.1 Å². The van der Waals surface area contributed by atoms with Crippen molar-refractivity contribution >= 4 is 17.8 Å². The average molecular weight is 431 g/mol. The van der Waals surface area contributed by atoms with E-state index < -0.39 is 12.0 Å². The molecule has 0 unspecified atom stereocenters. The first kappa shape index (κ1) is 21.3. The van der Waals surface area contributed by atoms with Gasteiger partial charge in [0, 0.05) is 12.6 Å². The van der Waals surface area contributed by atoms with Crippen LogP contribution in [0, 0.1) is 29.1 Å². The van der Waals surface area contributed by atoms with E-state index in [0.717, 1.165) is 44.9 Å². The van der Waals surface area contributed by atoms with Gasteiger partial charge in [0.2, 0.25) is 5.91 Å². The number of carbonyl (C=O) groups is 3. The molecule has 172 valence electrons. The molecule has 2 amide bonds. The van der Waals surface area contributed by atoms with Crippen LogP contribution in [0.5, 0.6) is 0 Å². The van der Waals surface area contributed by atoms with E-state index in [9.17, 15) is 14.4 Å². The number of esters is 1. The van der Waals surface area contributed by atoms with Crippen molar-refractivity contribution in [3.8, 4) is 0 Å². The summed E-state index contributed by atoms with van der Waals surface area (Å²) in [5.41, 5.74) is -0.230. The van der Waals surface area contributed by atoms with Crippen molar-refractivity contribution in [1.29, 1.82) is 0 Å². The molecule has 3 atom stereocenters. The summed E-state index contributed by atoms with van der Waals surface area (Å²) in [6.07, 6.45) is 12.9. The number of hydrogen-bond acceptors (Lipinski definition) is 4. The van der Waals surface area contributed by atoms with Crippen molar-refractivity contribution in [3.05, 3.63) is 0 Å². The van der Waals surface area contributed by atoms with Crippen molar-refractivity contribution in [2.24, 2.45) is 29.1 Å². The van der Waals surface area contributed by atoms with E-state index in [0.29, 0.717) is 36.6 Å². The minimum atomic E-state index is -0.512. The quantitative estimate of drug-likeness (QED) is 0.678. The molecule has 4 bridgehead atoms. The standard InChI is InChI=1S/C25H38N2O4/c1-16-5-2-3-6-20(16)26-22(28)15-31-23(29)21-7-4-8-27(21)24(30)25-12-17-9-18(13-25)11-19(10-17)14-25/h16-21H,2-15H2,1H3,(H,26,28)/t16-,17?,18?,19?,20+,21+,25?/m1/s1. The Balaban J connectivity index is 1.17. The lowest BCUT2D eigenvalue weighted by Crippen LogP contribution is -2.56. The van der Waals surface area contributed by atoms with Gasteiger partial charge in [0.05, 0.1) is 5.41 Å². The fourth-order valence-electron chi connectivity index (χ4n) is 7.94. The Labute approximate surface area is 185 Å². The van der Waals surface area contributed by atoms with Gasteiger partial charge in [0.25, 0.3) is 5.91 Å². The fraction of sp³-hybridized carbons (Fsp3) is 0.880. The van der Waals surface area contributed by atoms with Crippen molar-refractivity contribution in [1.82, 2.24) is 10.2 Å². The van der Waals surface area contributed by atoms with Crippen LogP contribution in [0.15, 0.2) is 0 Å². The minimum absolute atomic E-state index is 0.181. The molecule has 6 rings (SSSR count). The molecule has 0 aromatic carbocycles. The van der Waals surface area contributed by atoms with Gasteiger partial charge in [-0.25, -0.2) is 4.79 Å². The molecule has 6 nitrogen and oxygen atoms in total. The van der Waals surface area contributed by atoms with Gasteiger partial charge < -0.3 is 15.0 Å². The monoisotopic (exact) mass is 430 g/mol. The topological polar surface area (TPSA) is 75.7 Å². The summed E-state index contributed by atoms with van der Waals surface area (Å²) in [7, 11) is 0. The van der Waals surface area contributed by atoms with Gasteiger partial charge in [0.15, 0.2) is 6.61 Å². The van der Waals surface area contributed by atoms with Gasteiger partial charge in [-0.3, -0.25) is 9.59 Å². The van der Waals surface area contributed by atoms with Crippen LogP contribution in [-0.4, -0.2) is 47.9 Å². The second-order valence-electron chi connectivity index (χ2n) is 11.4. The molecule has 0 aromatic heterocycles. The van der Waals surface area contributed by atoms with Crippen LogP contribution < -0.4 is 5.32 Å². The Hall–Kier alpha value is -1.59. The third-order valence-electron chi connectivity index (χ3n) is 9.08. The van der Waals surface area contributed by atoms with Crippen molar-refractivity contribution in [3.63, 3.8) is 0 Å². The molecule has 1 heterocycles. The number of hydrogen-bond donors (Lipinski definition) is 1. The highest BCUT2D eigenvalue weighted by molar-refractivity contribution is 5.90. The molecule has 5 saturated carbocycles. The number of nitrogens with one attached hydrogen (secondary N) is 1. The Morgan fingerprint density at radius 2 is 1.58 bits per heavy atom. The normalized spacial score (nSPS) is 41.3. The minimum Gasteiger partial charge on any atom is -0.454 e. The molecule has 1 aliphatic heterocycles. The van der Waals surface area contributed by atoms with E-state index in [1.54, 1.807) is 0 Å². The molecule has 0 spiro atoms. The Bertz CT molecular complexity index is 700. The molecule has 6 aliphatic rings. The SMILES string of the molecule is C[C@@H]1CCCC[C@@H]1NC(=O)COC(=O)[C@@H]1CCCN1C(=O)C12CC3CC(CC(C3)C1)C2. The van der Waals surface area contributed by atoms with Gasteiger partial charge in [-0.1, -0.05) is 19.8 Å². The zero-order valence-electron chi connectivity index (χ0n) is 18.9. The lowest BCUT2D eigenvalue weighted by Gasteiger charge is -2.56. The Kier molecular flexibility index (Phi) is 5.76.